The SMILES string of the molecule is O=C(OCC(Br)CBr)c1ccccc1C(=O)OCC(Br)CBr. The molecule has 0 N–H and O–H groups in total. The van der Waals surface area contributed by atoms with Crippen LogP contribution in [0.5, 0.6) is 0 Å². The Hall–Kier alpha value is 0.0800. The number of carbonyl (C=O) groups excluding carboxylic acids is 2. The maximum atomic E-state index is 12.1. The van der Waals surface area contributed by atoms with E-state index in [0.717, 1.165) is 0 Å². The van der Waals surface area contributed by atoms with Crippen LogP contribution in [0.4, 0.5) is 0 Å². The van der Waals surface area contributed by atoms with E-state index >= 15 is 0 Å². The third-order valence-electron chi connectivity index (χ3n) is 2.49. The van der Waals surface area contributed by atoms with Gasteiger partial charge in [0.15, 0.2) is 0 Å². The highest BCUT2D eigenvalue weighted by molar-refractivity contribution is 9.12. The number of esters is 2. The maximum Gasteiger partial charge on any atom is 0.339 e. The second-order valence-electron chi connectivity index (χ2n) is 4.25. The molecule has 1 rings (SSSR count). The van der Waals surface area contributed by atoms with E-state index in [-0.39, 0.29) is 34.0 Å². The fourth-order valence-corrected chi connectivity index (χ4v) is 2.05. The molecule has 0 aromatic heterocycles. The van der Waals surface area contributed by atoms with Gasteiger partial charge in [0.1, 0.15) is 13.2 Å². The van der Waals surface area contributed by atoms with Crippen molar-refractivity contribution < 1.29 is 19.1 Å². The topological polar surface area (TPSA) is 52.6 Å². The maximum absolute atomic E-state index is 12.1. The molecule has 8 heteroatoms. The highest BCUT2D eigenvalue weighted by Gasteiger charge is 2.20. The largest absolute Gasteiger partial charge is 0.461 e. The van der Waals surface area contributed by atoms with Crippen LogP contribution in [0.1, 0.15) is 20.7 Å². The Morgan fingerprint density at radius 1 is 0.864 bits per heavy atom. The average Bonchev–Trinajstić information content (AvgIpc) is 2.56. The van der Waals surface area contributed by atoms with Gasteiger partial charge in [0.25, 0.3) is 0 Å². The first-order chi connectivity index (χ1) is 10.5. The minimum atomic E-state index is -0.547. The molecule has 0 saturated heterocycles. The van der Waals surface area contributed by atoms with Gasteiger partial charge in [0.05, 0.1) is 20.8 Å². The van der Waals surface area contributed by atoms with E-state index in [1.807, 2.05) is 0 Å². The highest BCUT2D eigenvalue weighted by Crippen LogP contribution is 2.14. The second-order valence-corrected chi connectivity index (χ2v) is 8.13. The zero-order chi connectivity index (χ0) is 16.5. The summed E-state index contributed by atoms with van der Waals surface area (Å²) in [7, 11) is 0. The molecule has 0 fully saturated rings. The Bertz CT molecular complexity index is 464. The molecular formula is C14H14Br4O4. The lowest BCUT2D eigenvalue weighted by molar-refractivity contribution is 0.0466. The standard InChI is InChI=1S/C14H14Br4O4/c15-5-9(17)7-21-13(19)11-3-1-2-4-12(11)14(20)22-8-10(18)6-16/h1-4,9-10H,5-8H2. The van der Waals surface area contributed by atoms with Gasteiger partial charge in [0.2, 0.25) is 0 Å². The van der Waals surface area contributed by atoms with Crippen molar-refractivity contribution in [3.63, 3.8) is 0 Å². The molecule has 0 aliphatic carbocycles. The molecule has 0 heterocycles. The van der Waals surface area contributed by atoms with Gasteiger partial charge in [-0.3, -0.25) is 0 Å². The predicted octanol–water partition coefficient (Wildman–Crippen LogP) is 4.32. The minimum Gasteiger partial charge on any atom is -0.461 e. The molecule has 1 aromatic carbocycles. The second kappa shape index (κ2) is 10.8. The quantitative estimate of drug-likeness (QED) is 0.348. The predicted molar refractivity (Wildman–Crippen MR) is 100 cm³/mol. The van der Waals surface area contributed by atoms with Crippen molar-refractivity contribution in [1.29, 1.82) is 0 Å². The summed E-state index contributed by atoms with van der Waals surface area (Å²) in [4.78, 5) is 24.2. The van der Waals surface area contributed by atoms with Crippen LogP contribution >= 0.6 is 63.7 Å². The first-order valence-corrected chi connectivity index (χ1v) is 10.4. The van der Waals surface area contributed by atoms with Gasteiger partial charge in [-0.25, -0.2) is 9.59 Å². The first kappa shape index (κ1) is 20.1. The zero-order valence-corrected chi connectivity index (χ0v) is 17.8. The molecule has 0 bridgehead atoms. The fraction of sp³-hybridized carbons (Fsp3) is 0.429. The van der Waals surface area contributed by atoms with E-state index in [4.69, 9.17) is 9.47 Å². The van der Waals surface area contributed by atoms with Crippen LogP contribution in [0.3, 0.4) is 0 Å². The molecule has 2 unspecified atom stereocenters. The van der Waals surface area contributed by atoms with Gasteiger partial charge >= 0.3 is 11.9 Å². The van der Waals surface area contributed by atoms with Crippen molar-refractivity contribution in [2.75, 3.05) is 23.9 Å². The van der Waals surface area contributed by atoms with E-state index in [1.165, 1.54) is 0 Å². The lowest BCUT2D eigenvalue weighted by Crippen LogP contribution is -2.20. The zero-order valence-electron chi connectivity index (χ0n) is 11.4. The van der Waals surface area contributed by atoms with Crippen molar-refractivity contribution in [1.82, 2.24) is 0 Å². The van der Waals surface area contributed by atoms with Crippen LogP contribution in [0.2, 0.25) is 0 Å². The minimum absolute atomic E-state index is 0.0173. The van der Waals surface area contributed by atoms with Gasteiger partial charge in [-0.1, -0.05) is 75.9 Å². The van der Waals surface area contributed by atoms with Crippen molar-refractivity contribution in [2.24, 2.45) is 0 Å². The molecule has 1 aromatic rings. The third-order valence-corrected chi connectivity index (χ3v) is 6.97. The molecule has 122 valence electrons. The first-order valence-electron chi connectivity index (χ1n) is 6.33. The Morgan fingerprint density at radius 2 is 1.23 bits per heavy atom. The van der Waals surface area contributed by atoms with Crippen molar-refractivity contribution in [2.45, 2.75) is 9.65 Å². The number of rotatable bonds is 8. The number of carbonyl (C=O) groups is 2. The van der Waals surface area contributed by atoms with E-state index in [2.05, 4.69) is 63.7 Å². The Labute approximate surface area is 162 Å². The summed E-state index contributed by atoms with van der Waals surface area (Å²) in [5.41, 5.74) is 0.401. The third kappa shape index (κ3) is 6.68. The Balaban J connectivity index is 2.76. The van der Waals surface area contributed by atoms with E-state index in [0.29, 0.717) is 10.7 Å². The molecule has 0 aliphatic heterocycles. The number of alkyl halides is 4. The number of halogens is 4. The molecule has 0 saturated carbocycles. The average molecular weight is 566 g/mol. The summed E-state index contributed by atoms with van der Waals surface area (Å²) in [5, 5.41) is 1.31. The summed E-state index contributed by atoms with van der Waals surface area (Å²) in [6, 6.07) is 6.45. The van der Waals surface area contributed by atoms with Crippen LogP contribution in [-0.4, -0.2) is 45.5 Å². The number of hydrogen-bond acceptors (Lipinski definition) is 4. The highest BCUT2D eigenvalue weighted by atomic mass is 79.9. The van der Waals surface area contributed by atoms with Crippen molar-refractivity contribution >= 4 is 75.7 Å². The van der Waals surface area contributed by atoms with Crippen molar-refractivity contribution in [3.8, 4) is 0 Å². The summed E-state index contributed by atoms with van der Waals surface area (Å²) >= 11 is 13.3. The molecule has 0 amide bonds. The van der Waals surface area contributed by atoms with Gasteiger partial charge in [-0.15, -0.1) is 0 Å². The van der Waals surface area contributed by atoms with Crippen LogP contribution in [0.25, 0.3) is 0 Å². The molecule has 0 radical (unpaired) electrons. The van der Waals surface area contributed by atoms with Crippen molar-refractivity contribution in [3.05, 3.63) is 35.4 Å². The number of hydrogen-bond donors (Lipinski definition) is 0. The number of benzene rings is 1. The lowest BCUT2D eigenvalue weighted by atomic mass is 10.1. The van der Waals surface area contributed by atoms with Gasteiger partial charge < -0.3 is 9.47 Å². The fourth-order valence-electron chi connectivity index (χ4n) is 1.42. The van der Waals surface area contributed by atoms with E-state index in [9.17, 15) is 9.59 Å². The molecule has 22 heavy (non-hydrogen) atoms. The Kier molecular flexibility index (Phi) is 9.86. The lowest BCUT2D eigenvalue weighted by Gasteiger charge is -2.12. The molecule has 0 aliphatic rings. The number of ether oxygens (including phenoxy) is 2. The van der Waals surface area contributed by atoms with Crippen LogP contribution in [0.15, 0.2) is 24.3 Å². The summed E-state index contributed by atoms with van der Waals surface area (Å²) in [6.07, 6.45) is 0. The van der Waals surface area contributed by atoms with Gasteiger partial charge in [-0.05, 0) is 12.1 Å². The van der Waals surface area contributed by atoms with E-state index in [1.54, 1.807) is 24.3 Å². The normalized spacial score (nSPS) is 13.3. The summed E-state index contributed by atoms with van der Waals surface area (Å²) in [5.74, 6) is -1.09. The smallest absolute Gasteiger partial charge is 0.339 e. The van der Waals surface area contributed by atoms with Gasteiger partial charge in [-0.2, -0.15) is 0 Å². The summed E-state index contributed by atoms with van der Waals surface area (Å²) < 4.78 is 10.4. The van der Waals surface area contributed by atoms with Crippen LogP contribution in [0, 0.1) is 0 Å². The van der Waals surface area contributed by atoms with Gasteiger partial charge in [0, 0.05) is 10.7 Å². The molecule has 0 spiro atoms. The van der Waals surface area contributed by atoms with E-state index < -0.39 is 11.9 Å². The monoisotopic (exact) mass is 562 g/mol. The molecule has 2 atom stereocenters. The molecule has 4 nitrogen and oxygen atoms in total. The summed E-state index contributed by atoms with van der Waals surface area (Å²) in [6.45, 7) is 0.418. The molecular weight excluding hydrogens is 552 g/mol. The Morgan fingerprint density at radius 3 is 1.55 bits per heavy atom. The van der Waals surface area contributed by atoms with Crippen LogP contribution < -0.4 is 0 Å². The van der Waals surface area contributed by atoms with Crippen LogP contribution in [-0.2, 0) is 9.47 Å².